The molecule has 0 bridgehead atoms. The molecule has 3 aromatic rings. The van der Waals surface area contributed by atoms with Crippen LogP contribution in [0, 0.1) is 17.8 Å². The number of hydrogen-bond donors (Lipinski definition) is 1. The van der Waals surface area contributed by atoms with E-state index < -0.39 is 0 Å². The fourth-order valence-electron chi connectivity index (χ4n) is 5.32. The monoisotopic (exact) mass is 433 g/mol. The molecule has 2 fully saturated rings. The normalized spacial score (nSPS) is 25.3. The number of piperidine rings is 1. The molecule has 166 valence electrons. The Hall–Kier alpha value is -3.13. The number of anilines is 1. The van der Waals surface area contributed by atoms with Crippen LogP contribution in [0.5, 0.6) is 11.5 Å². The highest BCUT2D eigenvalue weighted by molar-refractivity contribution is 6.08. The Labute approximate surface area is 186 Å². The summed E-state index contributed by atoms with van der Waals surface area (Å²) in [7, 11) is 2.17. The summed E-state index contributed by atoms with van der Waals surface area (Å²) in [6, 6.07) is 5.69. The predicted molar refractivity (Wildman–Crippen MR) is 119 cm³/mol. The van der Waals surface area contributed by atoms with Gasteiger partial charge in [0.05, 0.1) is 18.5 Å². The van der Waals surface area contributed by atoms with Crippen molar-refractivity contribution >= 4 is 17.2 Å². The number of carbonyl (C=O) groups excluding carboxylic acids is 1. The standard InChI is InChI=1S/C24H27N5O3/c1-24(2)9-14-7-19(27-23(30)15-10-26-29-6-4-5-25-22(15)29)21(8-20(14)32-24)31-13-18-16-11-28(3)12-17(16)18/h4-8,10,16-18H,9,11-13H2,1-3H3,(H,27,30)/t16-,17+,18+. The molecule has 1 saturated carbocycles. The molecule has 1 N–H and O–H groups in total. The average molecular weight is 434 g/mol. The lowest BCUT2D eigenvalue weighted by Crippen LogP contribution is -2.24. The van der Waals surface area contributed by atoms with E-state index in [-0.39, 0.29) is 11.5 Å². The van der Waals surface area contributed by atoms with E-state index in [0.717, 1.165) is 42.7 Å². The van der Waals surface area contributed by atoms with Gasteiger partial charge in [0.15, 0.2) is 5.65 Å². The molecule has 3 aliphatic rings. The molecule has 1 aromatic carbocycles. The summed E-state index contributed by atoms with van der Waals surface area (Å²) in [4.78, 5) is 19.8. The van der Waals surface area contributed by atoms with Gasteiger partial charge in [0, 0.05) is 49.5 Å². The van der Waals surface area contributed by atoms with Gasteiger partial charge in [-0.2, -0.15) is 5.10 Å². The Bertz CT molecular complexity index is 1210. The Morgan fingerprint density at radius 2 is 2.12 bits per heavy atom. The summed E-state index contributed by atoms with van der Waals surface area (Å²) in [6.45, 7) is 7.08. The first-order chi connectivity index (χ1) is 15.4. The largest absolute Gasteiger partial charge is 0.491 e. The summed E-state index contributed by atoms with van der Waals surface area (Å²) < 4.78 is 14.0. The first-order valence-corrected chi connectivity index (χ1v) is 11.1. The van der Waals surface area contributed by atoms with E-state index in [1.165, 1.54) is 0 Å². The van der Waals surface area contributed by atoms with Gasteiger partial charge in [0.25, 0.3) is 5.91 Å². The Balaban J connectivity index is 1.26. The minimum Gasteiger partial charge on any atom is -0.491 e. The zero-order chi connectivity index (χ0) is 22.0. The zero-order valence-electron chi connectivity index (χ0n) is 18.5. The van der Waals surface area contributed by atoms with Crippen molar-refractivity contribution in [1.29, 1.82) is 0 Å². The number of fused-ring (bicyclic) bond motifs is 3. The van der Waals surface area contributed by atoms with Gasteiger partial charge in [-0.3, -0.25) is 4.79 Å². The number of nitrogens with zero attached hydrogens (tertiary/aromatic N) is 4. The predicted octanol–water partition coefficient (Wildman–Crippen LogP) is 2.88. The molecule has 8 heteroatoms. The molecule has 0 unspecified atom stereocenters. The summed E-state index contributed by atoms with van der Waals surface area (Å²) in [5, 5.41) is 7.27. The van der Waals surface area contributed by atoms with Crippen molar-refractivity contribution in [2.75, 3.05) is 32.1 Å². The number of nitrogens with one attached hydrogen (secondary N) is 1. The average Bonchev–Trinajstić information content (AvgIpc) is 3.10. The van der Waals surface area contributed by atoms with Crippen LogP contribution in [0.1, 0.15) is 29.8 Å². The van der Waals surface area contributed by atoms with Crippen LogP contribution in [0.4, 0.5) is 5.69 Å². The molecule has 1 aliphatic carbocycles. The van der Waals surface area contributed by atoms with Crippen LogP contribution in [0.25, 0.3) is 5.65 Å². The molecule has 1 amide bonds. The van der Waals surface area contributed by atoms with Crippen molar-refractivity contribution in [3.05, 3.63) is 47.9 Å². The summed E-state index contributed by atoms with van der Waals surface area (Å²) in [5.41, 5.74) is 2.41. The molecule has 1 saturated heterocycles. The molecule has 4 heterocycles. The van der Waals surface area contributed by atoms with Gasteiger partial charge in [-0.1, -0.05) is 0 Å². The summed E-state index contributed by atoms with van der Waals surface area (Å²) in [6.07, 6.45) is 5.75. The second-order valence-corrected chi connectivity index (χ2v) is 9.92. The first kappa shape index (κ1) is 19.5. The number of carbonyl (C=O) groups is 1. The van der Waals surface area contributed by atoms with Gasteiger partial charge in [-0.05, 0) is 44.9 Å². The lowest BCUT2D eigenvalue weighted by molar-refractivity contribution is 0.102. The number of hydrogen-bond acceptors (Lipinski definition) is 6. The van der Waals surface area contributed by atoms with Crippen molar-refractivity contribution in [2.45, 2.75) is 25.9 Å². The van der Waals surface area contributed by atoms with Crippen molar-refractivity contribution < 1.29 is 14.3 Å². The van der Waals surface area contributed by atoms with Gasteiger partial charge in [-0.15, -0.1) is 0 Å². The number of likely N-dealkylation sites (tertiary alicyclic amines) is 1. The Kier molecular flexibility index (Phi) is 4.24. The molecule has 0 radical (unpaired) electrons. The van der Waals surface area contributed by atoms with Crippen LogP contribution >= 0.6 is 0 Å². The summed E-state index contributed by atoms with van der Waals surface area (Å²) in [5.74, 6) is 3.27. The third kappa shape index (κ3) is 3.30. The van der Waals surface area contributed by atoms with Crippen LogP contribution in [-0.2, 0) is 6.42 Å². The van der Waals surface area contributed by atoms with Gasteiger partial charge < -0.3 is 19.7 Å². The van der Waals surface area contributed by atoms with Gasteiger partial charge in [0.1, 0.15) is 22.7 Å². The van der Waals surface area contributed by atoms with Crippen LogP contribution in [-0.4, -0.2) is 57.8 Å². The molecule has 6 rings (SSSR count). The molecule has 2 aromatic heterocycles. The maximum Gasteiger partial charge on any atom is 0.261 e. The number of ether oxygens (including phenoxy) is 2. The minimum atomic E-state index is -0.271. The lowest BCUT2D eigenvalue weighted by atomic mass is 10.0. The third-order valence-corrected chi connectivity index (χ3v) is 6.92. The van der Waals surface area contributed by atoms with Crippen LogP contribution in [0.2, 0.25) is 0 Å². The molecule has 32 heavy (non-hydrogen) atoms. The Morgan fingerprint density at radius 1 is 1.31 bits per heavy atom. The van der Waals surface area contributed by atoms with Crippen molar-refractivity contribution in [3.8, 4) is 11.5 Å². The molecule has 3 atom stereocenters. The maximum absolute atomic E-state index is 13.1. The van der Waals surface area contributed by atoms with Crippen LogP contribution < -0.4 is 14.8 Å². The second kappa shape index (κ2) is 6.93. The molecular weight excluding hydrogens is 406 g/mol. The van der Waals surface area contributed by atoms with E-state index in [1.807, 2.05) is 12.1 Å². The highest BCUT2D eigenvalue weighted by Gasteiger charge is 2.55. The van der Waals surface area contributed by atoms with Crippen LogP contribution in [0.15, 0.2) is 36.8 Å². The van der Waals surface area contributed by atoms with Crippen molar-refractivity contribution in [2.24, 2.45) is 17.8 Å². The molecule has 0 spiro atoms. The van der Waals surface area contributed by atoms with Gasteiger partial charge >= 0.3 is 0 Å². The van der Waals surface area contributed by atoms with Crippen molar-refractivity contribution in [1.82, 2.24) is 19.5 Å². The van der Waals surface area contributed by atoms with E-state index >= 15 is 0 Å². The Morgan fingerprint density at radius 3 is 2.94 bits per heavy atom. The van der Waals surface area contributed by atoms with E-state index in [1.54, 1.807) is 29.2 Å². The lowest BCUT2D eigenvalue weighted by Gasteiger charge is -2.18. The topological polar surface area (TPSA) is 81.0 Å². The first-order valence-electron chi connectivity index (χ1n) is 11.1. The quantitative estimate of drug-likeness (QED) is 0.667. The fraction of sp³-hybridized carbons (Fsp3) is 0.458. The SMILES string of the molecule is CN1C[C@@H]2[C@@H](COc3cc4c(cc3NC(=O)c3cnn5cccnc35)CC(C)(C)O4)[C@@H]2C1. The molecule has 2 aliphatic heterocycles. The van der Waals surface area contributed by atoms with Crippen molar-refractivity contribution in [3.63, 3.8) is 0 Å². The van der Waals surface area contributed by atoms with Gasteiger partial charge in [-0.25, -0.2) is 9.50 Å². The highest BCUT2D eigenvalue weighted by atomic mass is 16.5. The third-order valence-electron chi connectivity index (χ3n) is 6.92. The molecular formula is C24H27N5O3. The smallest absolute Gasteiger partial charge is 0.261 e. The zero-order valence-corrected chi connectivity index (χ0v) is 18.5. The van der Waals surface area contributed by atoms with Gasteiger partial charge in [0.2, 0.25) is 0 Å². The maximum atomic E-state index is 13.1. The van der Waals surface area contributed by atoms with E-state index in [4.69, 9.17) is 9.47 Å². The number of amides is 1. The van der Waals surface area contributed by atoms with E-state index in [2.05, 4.69) is 41.2 Å². The fourth-order valence-corrected chi connectivity index (χ4v) is 5.32. The summed E-state index contributed by atoms with van der Waals surface area (Å²) >= 11 is 0. The number of benzene rings is 1. The minimum absolute atomic E-state index is 0.258. The van der Waals surface area contributed by atoms with E-state index in [9.17, 15) is 4.79 Å². The highest BCUT2D eigenvalue weighted by Crippen LogP contribution is 2.51. The number of aromatic nitrogens is 3. The molecule has 8 nitrogen and oxygen atoms in total. The number of rotatable bonds is 5. The second-order valence-electron chi connectivity index (χ2n) is 9.92. The van der Waals surface area contributed by atoms with E-state index in [0.29, 0.717) is 35.2 Å². The van der Waals surface area contributed by atoms with Crippen LogP contribution in [0.3, 0.4) is 0 Å².